The highest BCUT2D eigenvalue weighted by Gasteiger charge is 2.34. The summed E-state index contributed by atoms with van der Waals surface area (Å²) in [4.78, 5) is 49.2. The molecule has 6 heteroatoms. The first kappa shape index (κ1) is 18.8. The lowest BCUT2D eigenvalue weighted by molar-refractivity contribution is -0.118. The SMILES string of the molecule is CC(=O)NC1=C(C#Cc2ccccc2)C(=O)c2cccc(NC(C)=O)c2C1=O. The number of nitrogens with one attached hydrogen (secondary N) is 2. The van der Waals surface area contributed by atoms with Crippen LogP contribution < -0.4 is 10.6 Å². The Labute approximate surface area is 161 Å². The van der Waals surface area contributed by atoms with Crippen molar-refractivity contribution in [2.45, 2.75) is 13.8 Å². The second-order valence-corrected chi connectivity index (χ2v) is 6.11. The first-order valence-corrected chi connectivity index (χ1v) is 8.47. The Morgan fingerprint density at radius 1 is 0.786 bits per heavy atom. The highest BCUT2D eigenvalue weighted by Crippen LogP contribution is 2.30. The highest BCUT2D eigenvalue weighted by atomic mass is 16.2. The van der Waals surface area contributed by atoms with Crippen LogP contribution in [0.5, 0.6) is 0 Å². The standard InChI is InChI=1S/C22H16N2O4/c1-13(25)23-18-10-6-9-16-19(18)22(28)20(24-14(2)26)17(21(16)27)12-11-15-7-4-3-5-8-15/h3-10H,1-2H3,(H,23,25)(H,24,26). The molecule has 1 aliphatic carbocycles. The molecule has 0 atom stereocenters. The molecule has 2 N–H and O–H groups in total. The average molecular weight is 372 g/mol. The Kier molecular flexibility index (Phi) is 5.18. The van der Waals surface area contributed by atoms with Crippen molar-refractivity contribution >= 4 is 29.1 Å². The van der Waals surface area contributed by atoms with E-state index < -0.39 is 17.5 Å². The normalized spacial score (nSPS) is 12.6. The quantitative estimate of drug-likeness (QED) is 0.792. The van der Waals surface area contributed by atoms with E-state index in [4.69, 9.17) is 0 Å². The predicted octanol–water partition coefficient (Wildman–Crippen LogP) is 2.47. The Hall–Kier alpha value is -3.98. The van der Waals surface area contributed by atoms with Gasteiger partial charge in [0.1, 0.15) is 11.3 Å². The van der Waals surface area contributed by atoms with Gasteiger partial charge in [-0.3, -0.25) is 19.2 Å². The highest BCUT2D eigenvalue weighted by molar-refractivity contribution is 6.31. The van der Waals surface area contributed by atoms with Crippen LogP contribution in [0.3, 0.4) is 0 Å². The van der Waals surface area contributed by atoms with E-state index in [9.17, 15) is 19.2 Å². The minimum atomic E-state index is -0.577. The zero-order valence-electron chi connectivity index (χ0n) is 15.3. The van der Waals surface area contributed by atoms with Gasteiger partial charge in [-0.05, 0) is 18.2 Å². The van der Waals surface area contributed by atoms with E-state index in [-0.39, 0.29) is 34.0 Å². The Morgan fingerprint density at radius 3 is 2.11 bits per heavy atom. The van der Waals surface area contributed by atoms with Crippen LogP contribution in [0.15, 0.2) is 59.8 Å². The maximum absolute atomic E-state index is 13.1. The molecule has 2 aromatic rings. The van der Waals surface area contributed by atoms with Crippen molar-refractivity contribution < 1.29 is 19.2 Å². The minimum Gasteiger partial charge on any atom is -0.326 e. The fourth-order valence-electron chi connectivity index (χ4n) is 2.84. The van der Waals surface area contributed by atoms with Gasteiger partial charge < -0.3 is 10.6 Å². The number of rotatable bonds is 2. The Morgan fingerprint density at radius 2 is 1.46 bits per heavy atom. The molecule has 0 spiro atoms. The molecule has 0 fully saturated rings. The molecule has 0 heterocycles. The van der Waals surface area contributed by atoms with Crippen molar-refractivity contribution in [1.82, 2.24) is 5.32 Å². The summed E-state index contributed by atoms with van der Waals surface area (Å²) in [5.41, 5.74) is 0.763. The third kappa shape index (κ3) is 3.74. The van der Waals surface area contributed by atoms with Crippen molar-refractivity contribution in [3.8, 4) is 11.8 Å². The number of Topliss-reactive ketones (excluding diaryl/α,β-unsaturated/α-hetero) is 2. The molecule has 0 saturated carbocycles. The van der Waals surface area contributed by atoms with E-state index in [1.165, 1.54) is 26.0 Å². The van der Waals surface area contributed by atoms with E-state index in [0.717, 1.165) is 0 Å². The van der Waals surface area contributed by atoms with E-state index in [0.29, 0.717) is 5.56 Å². The van der Waals surface area contributed by atoms with Gasteiger partial charge in [-0.15, -0.1) is 0 Å². The minimum absolute atomic E-state index is 0.0386. The maximum atomic E-state index is 13.1. The van der Waals surface area contributed by atoms with Gasteiger partial charge in [-0.1, -0.05) is 42.2 Å². The molecule has 1 aliphatic rings. The number of benzene rings is 2. The van der Waals surface area contributed by atoms with Gasteiger partial charge in [0, 0.05) is 25.0 Å². The second-order valence-electron chi connectivity index (χ2n) is 6.11. The van der Waals surface area contributed by atoms with Crippen molar-refractivity contribution in [3.05, 3.63) is 76.5 Å². The second kappa shape index (κ2) is 7.72. The third-order valence-electron chi connectivity index (χ3n) is 3.96. The van der Waals surface area contributed by atoms with Crippen LogP contribution in [0, 0.1) is 11.8 Å². The number of carbonyl (C=O) groups is 4. The molecule has 0 aromatic heterocycles. The molecule has 2 aromatic carbocycles. The molecule has 0 saturated heterocycles. The first-order chi connectivity index (χ1) is 13.4. The average Bonchev–Trinajstić information content (AvgIpc) is 2.65. The van der Waals surface area contributed by atoms with Crippen LogP contribution in [0.2, 0.25) is 0 Å². The molecule has 0 unspecified atom stereocenters. The van der Waals surface area contributed by atoms with E-state index in [2.05, 4.69) is 22.5 Å². The largest absolute Gasteiger partial charge is 0.326 e. The van der Waals surface area contributed by atoms with Gasteiger partial charge in [-0.2, -0.15) is 0 Å². The number of fused-ring (bicyclic) bond motifs is 1. The third-order valence-corrected chi connectivity index (χ3v) is 3.96. The Bertz CT molecular complexity index is 1100. The molecule has 28 heavy (non-hydrogen) atoms. The lowest BCUT2D eigenvalue weighted by Gasteiger charge is -2.21. The van der Waals surface area contributed by atoms with E-state index >= 15 is 0 Å². The summed E-state index contributed by atoms with van der Waals surface area (Å²) in [6.07, 6.45) is 0. The van der Waals surface area contributed by atoms with Gasteiger partial charge in [0.15, 0.2) is 0 Å². The molecular weight excluding hydrogens is 356 g/mol. The fourth-order valence-corrected chi connectivity index (χ4v) is 2.84. The van der Waals surface area contributed by atoms with Crippen molar-refractivity contribution in [3.63, 3.8) is 0 Å². The number of hydrogen-bond donors (Lipinski definition) is 2. The van der Waals surface area contributed by atoms with Crippen LogP contribution in [0.25, 0.3) is 0 Å². The van der Waals surface area contributed by atoms with Crippen LogP contribution in [-0.2, 0) is 9.59 Å². The monoisotopic (exact) mass is 372 g/mol. The molecule has 0 bridgehead atoms. The lowest BCUT2D eigenvalue weighted by Crippen LogP contribution is -2.33. The molecule has 3 rings (SSSR count). The van der Waals surface area contributed by atoms with Crippen LogP contribution in [-0.4, -0.2) is 23.4 Å². The van der Waals surface area contributed by atoms with Gasteiger partial charge in [0.2, 0.25) is 23.4 Å². The van der Waals surface area contributed by atoms with Crippen molar-refractivity contribution in [2.75, 3.05) is 5.32 Å². The van der Waals surface area contributed by atoms with Gasteiger partial charge >= 0.3 is 0 Å². The summed E-state index contributed by atoms with van der Waals surface area (Å²) >= 11 is 0. The van der Waals surface area contributed by atoms with Gasteiger partial charge in [0.05, 0.1) is 11.3 Å². The number of allylic oxidation sites excluding steroid dienone is 2. The zero-order valence-corrected chi connectivity index (χ0v) is 15.3. The molecule has 2 amide bonds. The topological polar surface area (TPSA) is 92.3 Å². The first-order valence-electron chi connectivity index (χ1n) is 8.47. The summed E-state index contributed by atoms with van der Waals surface area (Å²) in [6, 6.07) is 13.6. The van der Waals surface area contributed by atoms with Crippen molar-refractivity contribution in [1.29, 1.82) is 0 Å². The molecule has 6 nitrogen and oxygen atoms in total. The molecular formula is C22H16N2O4. The van der Waals surface area contributed by atoms with Gasteiger partial charge in [0.25, 0.3) is 0 Å². The zero-order chi connectivity index (χ0) is 20.3. The summed E-state index contributed by atoms with van der Waals surface area (Å²) in [5, 5.41) is 4.97. The summed E-state index contributed by atoms with van der Waals surface area (Å²) in [5.74, 6) is 3.62. The van der Waals surface area contributed by atoms with Crippen LogP contribution in [0.4, 0.5) is 5.69 Å². The number of ketones is 2. The van der Waals surface area contributed by atoms with E-state index in [1.807, 2.05) is 6.07 Å². The number of anilines is 1. The molecule has 0 aliphatic heterocycles. The van der Waals surface area contributed by atoms with E-state index in [1.54, 1.807) is 30.3 Å². The number of carbonyl (C=O) groups excluding carboxylic acids is 4. The number of hydrogen-bond acceptors (Lipinski definition) is 4. The Balaban J connectivity index is 2.17. The predicted molar refractivity (Wildman–Crippen MR) is 104 cm³/mol. The molecule has 138 valence electrons. The van der Waals surface area contributed by atoms with Crippen molar-refractivity contribution in [2.24, 2.45) is 0 Å². The summed E-state index contributed by atoms with van der Waals surface area (Å²) in [7, 11) is 0. The smallest absolute Gasteiger partial charge is 0.221 e. The molecule has 0 radical (unpaired) electrons. The van der Waals surface area contributed by atoms with Gasteiger partial charge in [-0.25, -0.2) is 0 Å². The summed E-state index contributed by atoms with van der Waals surface area (Å²) < 4.78 is 0. The number of amides is 2. The van der Waals surface area contributed by atoms with Crippen LogP contribution >= 0.6 is 0 Å². The maximum Gasteiger partial charge on any atom is 0.221 e. The fraction of sp³-hybridized carbons (Fsp3) is 0.0909. The lowest BCUT2D eigenvalue weighted by atomic mass is 9.86. The van der Waals surface area contributed by atoms with Crippen LogP contribution in [0.1, 0.15) is 40.1 Å². The summed E-state index contributed by atoms with van der Waals surface area (Å²) in [6.45, 7) is 2.54.